The van der Waals surface area contributed by atoms with Crippen LogP contribution in [0.1, 0.15) is 26.3 Å². The summed E-state index contributed by atoms with van der Waals surface area (Å²) < 4.78 is 0. The summed E-state index contributed by atoms with van der Waals surface area (Å²) in [5.74, 6) is 0. The van der Waals surface area contributed by atoms with Gasteiger partial charge in [0, 0.05) is 23.6 Å². The quantitative estimate of drug-likeness (QED) is 0.550. The van der Waals surface area contributed by atoms with Crippen molar-refractivity contribution in [2.45, 2.75) is 20.8 Å². The minimum absolute atomic E-state index is 0.955. The van der Waals surface area contributed by atoms with Crippen LogP contribution in [-0.4, -0.2) is 18.0 Å². The van der Waals surface area contributed by atoms with Crippen LogP contribution in [0.25, 0.3) is 0 Å². The zero-order chi connectivity index (χ0) is 10.6. The lowest BCUT2D eigenvalue weighted by Crippen LogP contribution is -2.21. The fourth-order valence-electron chi connectivity index (χ4n) is 1.50. The van der Waals surface area contributed by atoms with E-state index in [0.29, 0.717) is 0 Å². The maximum Gasteiger partial charge on any atom is 0.0366 e. The van der Waals surface area contributed by atoms with Gasteiger partial charge in [-0.15, -0.1) is 0 Å². The molecule has 0 fully saturated rings. The van der Waals surface area contributed by atoms with Crippen molar-refractivity contribution in [2.75, 3.05) is 18.0 Å². The summed E-state index contributed by atoms with van der Waals surface area (Å²) in [6, 6.07) is 8.46. The van der Waals surface area contributed by atoms with Crippen LogP contribution in [0, 0.1) is 0 Å². The third-order valence-corrected chi connectivity index (χ3v) is 2.64. The molecule has 1 rings (SSSR count). The molecule has 0 aromatic heterocycles. The Bertz CT molecular complexity index is 299. The third kappa shape index (κ3) is 2.55. The molecule has 0 atom stereocenters. The van der Waals surface area contributed by atoms with E-state index in [-0.39, 0.29) is 0 Å². The van der Waals surface area contributed by atoms with E-state index in [1.807, 2.05) is 6.92 Å². The first kappa shape index (κ1) is 11.2. The van der Waals surface area contributed by atoms with Gasteiger partial charge in [0.25, 0.3) is 0 Å². The van der Waals surface area contributed by atoms with Crippen LogP contribution in [0.4, 0.5) is 5.69 Å². The lowest BCUT2D eigenvalue weighted by Gasteiger charge is -2.21. The number of thiocarbonyl (C=S) groups is 1. The molecule has 2 heteroatoms. The first-order valence-corrected chi connectivity index (χ1v) is 5.45. The smallest absolute Gasteiger partial charge is 0.0366 e. The zero-order valence-electron chi connectivity index (χ0n) is 9.08. The van der Waals surface area contributed by atoms with Crippen molar-refractivity contribution in [3.8, 4) is 0 Å². The highest BCUT2D eigenvalue weighted by atomic mass is 32.1. The van der Waals surface area contributed by atoms with E-state index in [4.69, 9.17) is 12.2 Å². The first-order chi connectivity index (χ1) is 6.69. The summed E-state index contributed by atoms with van der Waals surface area (Å²) in [5, 5.41) is 0. The number of benzene rings is 1. The highest BCUT2D eigenvalue weighted by Gasteiger charge is 2.01. The second-order valence-electron chi connectivity index (χ2n) is 3.28. The second kappa shape index (κ2) is 5.11. The number of anilines is 1. The highest BCUT2D eigenvalue weighted by molar-refractivity contribution is 7.80. The maximum atomic E-state index is 5.11. The molecule has 0 amide bonds. The van der Waals surface area contributed by atoms with E-state index >= 15 is 0 Å². The van der Waals surface area contributed by atoms with Crippen molar-refractivity contribution in [2.24, 2.45) is 0 Å². The molecule has 0 aliphatic rings. The van der Waals surface area contributed by atoms with Crippen LogP contribution in [0.5, 0.6) is 0 Å². The molecule has 0 saturated heterocycles. The average Bonchev–Trinajstić information content (AvgIpc) is 2.20. The molecule has 0 aliphatic heterocycles. The van der Waals surface area contributed by atoms with Crippen LogP contribution < -0.4 is 4.90 Å². The van der Waals surface area contributed by atoms with Crippen LogP contribution in [0.3, 0.4) is 0 Å². The number of hydrogen-bond acceptors (Lipinski definition) is 2. The molecule has 1 aromatic carbocycles. The minimum Gasteiger partial charge on any atom is -0.372 e. The fraction of sp³-hybridized carbons (Fsp3) is 0.417. The predicted octanol–water partition coefficient (Wildman–Crippen LogP) is 3.27. The van der Waals surface area contributed by atoms with Crippen molar-refractivity contribution in [1.29, 1.82) is 0 Å². The Balaban J connectivity index is 2.87. The molecular weight excluding hydrogens is 190 g/mol. The van der Waals surface area contributed by atoms with E-state index in [2.05, 4.69) is 43.0 Å². The molecule has 0 aliphatic carbocycles. The van der Waals surface area contributed by atoms with Gasteiger partial charge in [0.2, 0.25) is 0 Å². The molecule has 14 heavy (non-hydrogen) atoms. The summed E-state index contributed by atoms with van der Waals surface area (Å²) in [5.41, 5.74) is 2.42. The molecule has 0 unspecified atom stereocenters. The lowest BCUT2D eigenvalue weighted by molar-refractivity contribution is 0.866. The van der Waals surface area contributed by atoms with E-state index in [9.17, 15) is 0 Å². The summed E-state index contributed by atoms with van der Waals surface area (Å²) in [6.07, 6.45) is 0. The van der Waals surface area contributed by atoms with Gasteiger partial charge in [-0.05, 0) is 38.5 Å². The van der Waals surface area contributed by atoms with E-state index in [1.54, 1.807) is 0 Å². The fourth-order valence-corrected chi connectivity index (χ4v) is 1.63. The van der Waals surface area contributed by atoms with Crippen molar-refractivity contribution in [3.05, 3.63) is 29.8 Å². The standard InChI is InChI=1S/C12H17NS/c1-4-13(5-2)12-8-6-11(7-9-12)10(3)14/h6-9H,4-5H2,1-3H3. The summed E-state index contributed by atoms with van der Waals surface area (Å²) in [7, 11) is 0. The third-order valence-electron chi connectivity index (χ3n) is 2.40. The van der Waals surface area contributed by atoms with Gasteiger partial charge in [-0.1, -0.05) is 24.4 Å². The minimum atomic E-state index is 0.955. The van der Waals surface area contributed by atoms with Gasteiger partial charge in [-0.3, -0.25) is 0 Å². The average molecular weight is 207 g/mol. The molecule has 0 bridgehead atoms. The normalized spacial score (nSPS) is 9.93. The van der Waals surface area contributed by atoms with Gasteiger partial charge in [0.1, 0.15) is 0 Å². The molecule has 0 spiro atoms. The van der Waals surface area contributed by atoms with Crippen LogP contribution in [-0.2, 0) is 0 Å². The summed E-state index contributed by atoms with van der Waals surface area (Å²) >= 11 is 5.11. The topological polar surface area (TPSA) is 3.24 Å². The number of hydrogen-bond donors (Lipinski definition) is 0. The molecule has 0 heterocycles. The van der Waals surface area contributed by atoms with Crippen molar-refractivity contribution >= 4 is 22.8 Å². The molecule has 1 nitrogen and oxygen atoms in total. The van der Waals surface area contributed by atoms with Gasteiger partial charge >= 0.3 is 0 Å². The Labute approximate surface area is 91.7 Å². The second-order valence-corrected chi connectivity index (χ2v) is 3.89. The first-order valence-electron chi connectivity index (χ1n) is 5.05. The van der Waals surface area contributed by atoms with E-state index < -0.39 is 0 Å². The maximum absolute atomic E-state index is 5.11. The van der Waals surface area contributed by atoms with Crippen molar-refractivity contribution in [1.82, 2.24) is 0 Å². The molecular formula is C12H17NS. The van der Waals surface area contributed by atoms with Crippen molar-refractivity contribution < 1.29 is 0 Å². The van der Waals surface area contributed by atoms with Gasteiger partial charge < -0.3 is 4.90 Å². The molecule has 0 saturated carbocycles. The Morgan fingerprint density at radius 1 is 1.14 bits per heavy atom. The van der Waals surface area contributed by atoms with Crippen molar-refractivity contribution in [3.63, 3.8) is 0 Å². The zero-order valence-corrected chi connectivity index (χ0v) is 9.90. The Kier molecular flexibility index (Phi) is 4.08. The summed E-state index contributed by atoms with van der Waals surface area (Å²) in [4.78, 5) is 3.28. The van der Waals surface area contributed by atoms with Gasteiger partial charge in [-0.25, -0.2) is 0 Å². The Morgan fingerprint density at radius 3 is 2.00 bits per heavy atom. The van der Waals surface area contributed by atoms with Gasteiger partial charge in [-0.2, -0.15) is 0 Å². The number of nitrogens with zero attached hydrogens (tertiary/aromatic N) is 1. The van der Waals surface area contributed by atoms with E-state index in [1.165, 1.54) is 5.69 Å². The van der Waals surface area contributed by atoms with Gasteiger partial charge in [0.05, 0.1) is 0 Å². The lowest BCUT2D eigenvalue weighted by atomic mass is 10.1. The largest absolute Gasteiger partial charge is 0.372 e. The molecule has 76 valence electrons. The monoisotopic (exact) mass is 207 g/mol. The van der Waals surface area contributed by atoms with E-state index in [0.717, 1.165) is 23.5 Å². The molecule has 0 N–H and O–H groups in total. The SMILES string of the molecule is CCN(CC)c1ccc(C(C)=S)cc1. The predicted molar refractivity (Wildman–Crippen MR) is 67.4 cm³/mol. The van der Waals surface area contributed by atoms with Gasteiger partial charge in [0.15, 0.2) is 0 Å². The Morgan fingerprint density at radius 2 is 1.64 bits per heavy atom. The molecule has 1 aromatic rings. The number of rotatable bonds is 4. The molecule has 0 radical (unpaired) electrons. The highest BCUT2D eigenvalue weighted by Crippen LogP contribution is 2.15. The Hall–Kier alpha value is -0.890. The van der Waals surface area contributed by atoms with Crippen LogP contribution in [0.15, 0.2) is 24.3 Å². The van der Waals surface area contributed by atoms with Crippen LogP contribution in [0.2, 0.25) is 0 Å². The van der Waals surface area contributed by atoms with Crippen LogP contribution >= 0.6 is 12.2 Å². The summed E-state index contributed by atoms with van der Waals surface area (Å²) in [6.45, 7) is 8.39.